The van der Waals surface area contributed by atoms with Crippen LogP contribution >= 0.6 is 0 Å². The molecule has 1 amide bonds. The van der Waals surface area contributed by atoms with Crippen molar-refractivity contribution in [1.29, 1.82) is 5.26 Å². The van der Waals surface area contributed by atoms with Gasteiger partial charge >= 0.3 is 5.97 Å². The molecule has 0 atom stereocenters. The third-order valence-electron chi connectivity index (χ3n) is 3.50. The van der Waals surface area contributed by atoms with Gasteiger partial charge in [-0.1, -0.05) is 18.2 Å². The number of sulfonamides is 1. The van der Waals surface area contributed by atoms with E-state index in [0.29, 0.717) is 5.69 Å². The molecule has 9 heteroatoms. The largest absolute Gasteiger partial charge is 0.452 e. The summed E-state index contributed by atoms with van der Waals surface area (Å²) < 4.78 is 30.2. The number of nitriles is 1. The highest BCUT2D eigenvalue weighted by Gasteiger charge is 2.19. The van der Waals surface area contributed by atoms with Crippen LogP contribution in [0.2, 0.25) is 0 Å². The molecule has 0 aliphatic carbocycles. The highest BCUT2D eigenvalue weighted by Crippen LogP contribution is 2.16. The summed E-state index contributed by atoms with van der Waals surface area (Å²) in [6.07, 6.45) is 0. The second-order valence-electron chi connectivity index (χ2n) is 5.60. The molecule has 0 fully saturated rings. The van der Waals surface area contributed by atoms with Crippen molar-refractivity contribution in [3.63, 3.8) is 0 Å². The smallest absolute Gasteiger partial charge is 0.338 e. The standard InChI is InChI=1S/C18H17N3O5S/c1-21(2)27(24,25)15-8-5-7-13(10-15)18(23)26-12-17(22)20-16-9-4-3-6-14(16)11-19/h3-10H,12H2,1-2H3,(H,20,22). The molecular weight excluding hydrogens is 370 g/mol. The molecule has 0 aliphatic rings. The van der Waals surface area contributed by atoms with Crippen molar-refractivity contribution >= 4 is 27.6 Å². The molecule has 0 bridgehead atoms. The van der Waals surface area contributed by atoms with E-state index >= 15 is 0 Å². The number of ether oxygens (including phenoxy) is 1. The number of benzene rings is 2. The van der Waals surface area contributed by atoms with Crippen LogP contribution in [0, 0.1) is 11.3 Å². The Morgan fingerprint density at radius 2 is 1.85 bits per heavy atom. The molecule has 0 aliphatic heterocycles. The Morgan fingerprint density at radius 3 is 2.52 bits per heavy atom. The molecule has 0 saturated carbocycles. The van der Waals surface area contributed by atoms with Crippen LogP contribution in [0.3, 0.4) is 0 Å². The molecule has 2 rings (SSSR count). The third-order valence-corrected chi connectivity index (χ3v) is 5.32. The summed E-state index contributed by atoms with van der Waals surface area (Å²) in [5.41, 5.74) is 0.585. The number of carbonyl (C=O) groups is 2. The Morgan fingerprint density at radius 1 is 1.15 bits per heavy atom. The molecule has 0 radical (unpaired) electrons. The van der Waals surface area contributed by atoms with Crippen LogP contribution in [-0.4, -0.2) is 45.3 Å². The first-order valence-corrected chi connectivity index (χ1v) is 9.18. The minimum Gasteiger partial charge on any atom is -0.452 e. The maximum absolute atomic E-state index is 12.1. The highest BCUT2D eigenvalue weighted by molar-refractivity contribution is 7.89. The van der Waals surface area contributed by atoms with Gasteiger partial charge in [-0.3, -0.25) is 4.79 Å². The van der Waals surface area contributed by atoms with Gasteiger partial charge in [0, 0.05) is 14.1 Å². The molecular formula is C18H17N3O5S. The van der Waals surface area contributed by atoms with Crippen LogP contribution in [0.1, 0.15) is 15.9 Å². The third kappa shape index (κ3) is 4.91. The lowest BCUT2D eigenvalue weighted by atomic mass is 10.2. The fourth-order valence-corrected chi connectivity index (χ4v) is 3.03. The molecule has 0 unspecified atom stereocenters. The molecule has 1 N–H and O–H groups in total. The van der Waals surface area contributed by atoms with Crippen molar-refractivity contribution in [1.82, 2.24) is 4.31 Å². The number of carbonyl (C=O) groups excluding carboxylic acids is 2. The topological polar surface area (TPSA) is 117 Å². The molecule has 0 saturated heterocycles. The Balaban J connectivity index is 2.04. The molecule has 140 valence electrons. The van der Waals surface area contributed by atoms with Gasteiger partial charge in [-0.15, -0.1) is 0 Å². The zero-order valence-electron chi connectivity index (χ0n) is 14.7. The maximum Gasteiger partial charge on any atom is 0.338 e. The van der Waals surface area contributed by atoms with E-state index in [0.717, 1.165) is 4.31 Å². The van der Waals surface area contributed by atoms with E-state index in [2.05, 4.69) is 5.32 Å². The molecule has 2 aromatic rings. The lowest BCUT2D eigenvalue weighted by molar-refractivity contribution is -0.119. The van der Waals surface area contributed by atoms with Crippen molar-refractivity contribution in [2.45, 2.75) is 4.90 Å². The monoisotopic (exact) mass is 387 g/mol. The van der Waals surface area contributed by atoms with Crippen molar-refractivity contribution < 1.29 is 22.7 Å². The number of rotatable bonds is 6. The van der Waals surface area contributed by atoms with E-state index in [1.807, 2.05) is 6.07 Å². The summed E-state index contributed by atoms with van der Waals surface area (Å²) in [7, 11) is -0.940. The number of hydrogen-bond donors (Lipinski definition) is 1. The van der Waals surface area contributed by atoms with Gasteiger partial charge in [0.1, 0.15) is 6.07 Å². The molecule has 2 aromatic carbocycles. The van der Waals surface area contributed by atoms with Crippen LogP contribution in [0.15, 0.2) is 53.4 Å². The fourth-order valence-electron chi connectivity index (χ4n) is 2.08. The number of esters is 1. The Labute approximate surface area is 157 Å². The first-order valence-electron chi connectivity index (χ1n) is 7.74. The predicted molar refractivity (Wildman–Crippen MR) is 97.4 cm³/mol. The normalized spacial score (nSPS) is 10.9. The van der Waals surface area contributed by atoms with Crippen LogP contribution in [-0.2, 0) is 19.6 Å². The minimum atomic E-state index is -3.70. The van der Waals surface area contributed by atoms with Crippen molar-refractivity contribution in [3.05, 3.63) is 59.7 Å². The van der Waals surface area contributed by atoms with Crippen molar-refractivity contribution in [2.75, 3.05) is 26.0 Å². The van der Waals surface area contributed by atoms with Gasteiger partial charge in [0.05, 0.1) is 21.7 Å². The summed E-state index contributed by atoms with van der Waals surface area (Å²) >= 11 is 0. The quantitative estimate of drug-likeness (QED) is 0.753. The zero-order valence-corrected chi connectivity index (χ0v) is 15.5. The van der Waals surface area contributed by atoms with Crippen molar-refractivity contribution in [3.8, 4) is 6.07 Å². The second kappa shape index (κ2) is 8.44. The predicted octanol–water partition coefficient (Wildman–Crippen LogP) is 1.60. The van der Waals surface area contributed by atoms with Gasteiger partial charge in [-0.05, 0) is 30.3 Å². The molecule has 27 heavy (non-hydrogen) atoms. The molecule has 0 heterocycles. The highest BCUT2D eigenvalue weighted by atomic mass is 32.2. The van der Waals surface area contributed by atoms with E-state index in [-0.39, 0.29) is 16.0 Å². The van der Waals surface area contributed by atoms with E-state index in [4.69, 9.17) is 10.00 Å². The van der Waals surface area contributed by atoms with Crippen LogP contribution in [0.5, 0.6) is 0 Å². The zero-order chi connectivity index (χ0) is 20.0. The SMILES string of the molecule is CN(C)S(=O)(=O)c1cccc(C(=O)OCC(=O)Nc2ccccc2C#N)c1. The maximum atomic E-state index is 12.1. The summed E-state index contributed by atoms with van der Waals surface area (Å²) in [4.78, 5) is 24.0. The number of amides is 1. The van der Waals surface area contributed by atoms with Crippen LogP contribution < -0.4 is 5.32 Å². The number of nitrogens with one attached hydrogen (secondary N) is 1. The number of nitrogens with zero attached hydrogens (tertiary/aromatic N) is 2. The van der Waals surface area contributed by atoms with Crippen LogP contribution in [0.4, 0.5) is 5.69 Å². The van der Waals surface area contributed by atoms with Gasteiger partial charge in [0.15, 0.2) is 6.61 Å². The van der Waals surface area contributed by atoms with E-state index in [1.165, 1.54) is 44.4 Å². The van der Waals surface area contributed by atoms with Crippen LogP contribution in [0.25, 0.3) is 0 Å². The second-order valence-corrected chi connectivity index (χ2v) is 7.75. The first kappa shape index (κ1) is 20.1. The fraction of sp³-hybridized carbons (Fsp3) is 0.167. The lowest BCUT2D eigenvalue weighted by Gasteiger charge is -2.12. The first-order chi connectivity index (χ1) is 12.8. The lowest BCUT2D eigenvalue weighted by Crippen LogP contribution is -2.23. The molecule has 0 aromatic heterocycles. The molecule has 0 spiro atoms. The molecule has 8 nitrogen and oxygen atoms in total. The number of hydrogen-bond acceptors (Lipinski definition) is 6. The Kier molecular flexibility index (Phi) is 6.28. The Hall–Kier alpha value is -3.22. The van der Waals surface area contributed by atoms with Gasteiger partial charge in [0.2, 0.25) is 10.0 Å². The van der Waals surface area contributed by atoms with Gasteiger partial charge in [-0.25, -0.2) is 17.5 Å². The summed E-state index contributed by atoms with van der Waals surface area (Å²) in [5, 5.41) is 11.5. The minimum absolute atomic E-state index is 0.00292. The average molecular weight is 387 g/mol. The Bertz CT molecular complexity index is 1010. The van der Waals surface area contributed by atoms with Gasteiger partial charge < -0.3 is 10.1 Å². The summed E-state index contributed by atoms with van der Waals surface area (Å²) in [5.74, 6) is -1.46. The average Bonchev–Trinajstić information content (AvgIpc) is 2.66. The van der Waals surface area contributed by atoms with Gasteiger partial charge in [-0.2, -0.15) is 5.26 Å². The number of anilines is 1. The summed E-state index contributed by atoms with van der Waals surface area (Å²) in [6, 6.07) is 13.7. The van der Waals surface area contributed by atoms with Crippen molar-refractivity contribution in [2.24, 2.45) is 0 Å². The van der Waals surface area contributed by atoms with E-state index in [9.17, 15) is 18.0 Å². The summed E-state index contributed by atoms with van der Waals surface area (Å²) in [6.45, 7) is -0.580. The van der Waals surface area contributed by atoms with E-state index < -0.39 is 28.5 Å². The van der Waals surface area contributed by atoms with E-state index in [1.54, 1.807) is 18.2 Å². The van der Waals surface area contributed by atoms with Gasteiger partial charge in [0.25, 0.3) is 5.91 Å². The number of para-hydroxylation sites is 1.